The molecule has 3 atom stereocenters. The summed E-state index contributed by atoms with van der Waals surface area (Å²) in [5, 5.41) is 8.55. The predicted octanol–water partition coefficient (Wildman–Crippen LogP) is 0.568. The molecule has 1 aliphatic heterocycles. The fourth-order valence-electron chi connectivity index (χ4n) is 1.73. The van der Waals surface area contributed by atoms with Crippen LogP contribution in [0.4, 0.5) is 0 Å². The van der Waals surface area contributed by atoms with Crippen molar-refractivity contribution in [1.82, 2.24) is 4.90 Å². The summed E-state index contributed by atoms with van der Waals surface area (Å²) >= 11 is 0. The maximum Gasteiger partial charge on any atom is 0.106 e. The van der Waals surface area contributed by atoms with Gasteiger partial charge in [-0.2, -0.15) is 5.26 Å². The summed E-state index contributed by atoms with van der Waals surface area (Å²) in [6.07, 6.45) is 1.24. The maximum atomic E-state index is 8.55. The monoisotopic (exact) mass is 167 g/mol. The molecule has 1 fully saturated rings. The van der Waals surface area contributed by atoms with Gasteiger partial charge >= 0.3 is 0 Å². The number of hydrogen-bond acceptors (Lipinski definition) is 3. The Labute approximate surface area is 74.1 Å². The van der Waals surface area contributed by atoms with Gasteiger partial charge in [-0.15, -0.1) is 0 Å². The lowest BCUT2D eigenvalue weighted by molar-refractivity contribution is 0.243. The normalized spacial score (nSPS) is 33.2. The van der Waals surface area contributed by atoms with Crippen molar-refractivity contribution in [1.29, 1.82) is 5.26 Å². The van der Waals surface area contributed by atoms with Crippen LogP contribution in [0.3, 0.4) is 0 Å². The van der Waals surface area contributed by atoms with E-state index in [2.05, 4.69) is 24.8 Å². The first-order valence-corrected chi connectivity index (χ1v) is 4.54. The van der Waals surface area contributed by atoms with Crippen molar-refractivity contribution in [3.05, 3.63) is 0 Å². The highest BCUT2D eigenvalue weighted by molar-refractivity contribution is 4.92. The van der Waals surface area contributed by atoms with E-state index in [-0.39, 0.29) is 6.04 Å². The molecule has 1 aliphatic rings. The minimum atomic E-state index is -0.322. The predicted molar refractivity (Wildman–Crippen MR) is 48.4 cm³/mol. The SMILES string of the molecule is CC1CCN(CC(N)C#N)C1C. The third-order valence-electron chi connectivity index (χ3n) is 2.87. The lowest BCUT2D eigenvalue weighted by atomic mass is 10.1. The highest BCUT2D eigenvalue weighted by atomic mass is 15.2. The zero-order chi connectivity index (χ0) is 9.14. The summed E-state index contributed by atoms with van der Waals surface area (Å²) in [6.45, 7) is 6.28. The molecule has 0 aliphatic carbocycles. The largest absolute Gasteiger partial charge is 0.315 e. The molecule has 1 rings (SSSR count). The zero-order valence-electron chi connectivity index (χ0n) is 7.83. The van der Waals surface area contributed by atoms with E-state index < -0.39 is 0 Å². The van der Waals surface area contributed by atoms with Crippen LogP contribution >= 0.6 is 0 Å². The molecule has 0 radical (unpaired) electrons. The lowest BCUT2D eigenvalue weighted by Crippen LogP contribution is -2.39. The highest BCUT2D eigenvalue weighted by Gasteiger charge is 2.27. The van der Waals surface area contributed by atoms with Gasteiger partial charge in [0.15, 0.2) is 0 Å². The van der Waals surface area contributed by atoms with E-state index >= 15 is 0 Å². The Hall–Kier alpha value is -0.590. The van der Waals surface area contributed by atoms with Crippen molar-refractivity contribution >= 4 is 0 Å². The number of likely N-dealkylation sites (tertiary alicyclic amines) is 1. The average molecular weight is 167 g/mol. The summed E-state index contributed by atoms with van der Waals surface area (Å²) in [4.78, 5) is 2.30. The third kappa shape index (κ3) is 1.96. The van der Waals surface area contributed by atoms with Crippen LogP contribution < -0.4 is 5.73 Å². The Bertz CT molecular complexity index is 185. The second-order valence-electron chi connectivity index (χ2n) is 3.74. The molecular weight excluding hydrogens is 150 g/mol. The van der Waals surface area contributed by atoms with Gasteiger partial charge in [-0.05, 0) is 25.8 Å². The minimum absolute atomic E-state index is 0.322. The van der Waals surface area contributed by atoms with Gasteiger partial charge < -0.3 is 5.73 Å². The van der Waals surface area contributed by atoms with Crippen LogP contribution in [-0.2, 0) is 0 Å². The van der Waals surface area contributed by atoms with Crippen LogP contribution in [-0.4, -0.2) is 30.1 Å². The molecule has 1 heterocycles. The molecule has 0 aromatic heterocycles. The fourth-order valence-corrected chi connectivity index (χ4v) is 1.73. The van der Waals surface area contributed by atoms with Crippen molar-refractivity contribution in [3.63, 3.8) is 0 Å². The van der Waals surface area contributed by atoms with E-state index in [4.69, 9.17) is 11.0 Å². The highest BCUT2D eigenvalue weighted by Crippen LogP contribution is 2.22. The molecule has 0 saturated carbocycles. The minimum Gasteiger partial charge on any atom is -0.315 e. The molecule has 0 amide bonds. The first kappa shape index (κ1) is 9.50. The van der Waals surface area contributed by atoms with E-state index in [1.54, 1.807) is 0 Å². The van der Waals surface area contributed by atoms with E-state index in [0.29, 0.717) is 6.04 Å². The molecule has 0 spiro atoms. The van der Waals surface area contributed by atoms with Crippen molar-refractivity contribution in [3.8, 4) is 6.07 Å². The Kier molecular flexibility index (Phi) is 3.07. The van der Waals surface area contributed by atoms with Crippen molar-refractivity contribution in [2.75, 3.05) is 13.1 Å². The van der Waals surface area contributed by atoms with Gasteiger partial charge in [-0.3, -0.25) is 4.90 Å². The van der Waals surface area contributed by atoms with Gasteiger partial charge in [0.05, 0.1) is 6.07 Å². The molecule has 12 heavy (non-hydrogen) atoms. The number of rotatable bonds is 2. The molecule has 68 valence electrons. The molecule has 0 aromatic carbocycles. The summed E-state index contributed by atoms with van der Waals surface area (Å²) < 4.78 is 0. The summed E-state index contributed by atoms with van der Waals surface area (Å²) in [5.74, 6) is 0.746. The van der Waals surface area contributed by atoms with Crippen molar-refractivity contribution < 1.29 is 0 Å². The number of nitriles is 1. The second kappa shape index (κ2) is 3.88. The maximum absolute atomic E-state index is 8.55. The van der Waals surface area contributed by atoms with E-state index in [9.17, 15) is 0 Å². The molecule has 3 nitrogen and oxygen atoms in total. The lowest BCUT2D eigenvalue weighted by Gasteiger charge is -2.23. The van der Waals surface area contributed by atoms with Crippen LogP contribution in [0.15, 0.2) is 0 Å². The summed E-state index contributed by atoms with van der Waals surface area (Å²) in [7, 11) is 0. The van der Waals surface area contributed by atoms with Crippen LogP contribution in [0.2, 0.25) is 0 Å². The van der Waals surface area contributed by atoms with Gasteiger partial charge in [0.1, 0.15) is 6.04 Å². The summed E-state index contributed by atoms with van der Waals surface area (Å²) in [6, 6.07) is 2.33. The van der Waals surface area contributed by atoms with Gasteiger partial charge in [0, 0.05) is 12.6 Å². The van der Waals surface area contributed by atoms with E-state index in [1.165, 1.54) is 6.42 Å². The van der Waals surface area contributed by atoms with Crippen LogP contribution in [0.5, 0.6) is 0 Å². The topological polar surface area (TPSA) is 53.0 Å². The van der Waals surface area contributed by atoms with E-state index in [1.807, 2.05) is 0 Å². The van der Waals surface area contributed by atoms with Gasteiger partial charge in [0.25, 0.3) is 0 Å². The van der Waals surface area contributed by atoms with Crippen LogP contribution in [0, 0.1) is 17.2 Å². The van der Waals surface area contributed by atoms with Crippen LogP contribution in [0.25, 0.3) is 0 Å². The van der Waals surface area contributed by atoms with Gasteiger partial charge in [-0.1, -0.05) is 6.92 Å². The fraction of sp³-hybridized carbons (Fsp3) is 0.889. The quantitative estimate of drug-likeness (QED) is 0.654. The Morgan fingerprint density at radius 1 is 1.67 bits per heavy atom. The molecule has 0 bridgehead atoms. The summed E-state index contributed by atoms with van der Waals surface area (Å²) in [5.41, 5.74) is 5.56. The zero-order valence-corrected chi connectivity index (χ0v) is 7.83. The van der Waals surface area contributed by atoms with Gasteiger partial charge in [0.2, 0.25) is 0 Å². The van der Waals surface area contributed by atoms with Crippen LogP contribution in [0.1, 0.15) is 20.3 Å². The standard InChI is InChI=1S/C9H17N3/c1-7-3-4-12(8(7)2)6-9(11)5-10/h7-9H,3-4,6,11H2,1-2H3. The smallest absolute Gasteiger partial charge is 0.106 e. The van der Waals surface area contributed by atoms with Crippen molar-refractivity contribution in [2.24, 2.45) is 11.7 Å². The number of hydrogen-bond donors (Lipinski definition) is 1. The molecule has 3 unspecified atom stereocenters. The third-order valence-corrected chi connectivity index (χ3v) is 2.87. The first-order valence-electron chi connectivity index (χ1n) is 4.54. The van der Waals surface area contributed by atoms with Crippen molar-refractivity contribution in [2.45, 2.75) is 32.4 Å². The molecule has 0 aromatic rings. The molecular formula is C9H17N3. The number of nitrogens with two attached hydrogens (primary N) is 1. The second-order valence-corrected chi connectivity index (χ2v) is 3.74. The Morgan fingerprint density at radius 3 is 2.75 bits per heavy atom. The molecule has 1 saturated heterocycles. The van der Waals surface area contributed by atoms with E-state index in [0.717, 1.165) is 19.0 Å². The Balaban J connectivity index is 2.40. The molecule has 3 heteroatoms. The molecule has 2 N–H and O–H groups in total. The van der Waals surface area contributed by atoms with Gasteiger partial charge in [-0.25, -0.2) is 0 Å². The average Bonchev–Trinajstić information content (AvgIpc) is 2.36. The number of nitrogens with zero attached hydrogens (tertiary/aromatic N) is 2. The first-order chi connectivity index (χ1) is 5.65. The Morgan fingerprint density at radius 2 is 2.33 bits per heavy atom.